The minimum atomic E-state index is -0.395. The highest BCUT2D eigenvalue weighted by atomic mass is 16.2. The minimum Gasteiger partial charge on any atom is -0.309 e. The fourth-order valence-corrected chi connectivity index (χ4v) is 3.38. The molecule has 0 spiro atoms. The lowest BCUT2D eigenvalue weighted by Crippen LogP contribution is -2.24. The van der Waals surface area contributed by atoms with E-state index in [1.807, 2.05) is 26.0 Å². The fraction of sp³-hybridized carbons (Fsp3) is 0.182. The summed E-state index contributed by atoms with van der Waals surface area (Å²) in [6.45, 7) is 3.72. The Bertz CT molecular complexity index is 1170. The molecule has 0 saturated carbocycles. The van der Waals surface area contributed by atoms with Crippen LogP contribution in [0, 0.1) is 13.8 Å². The maximum atomic E-state index is 12.6. The second-order valence-corrected chi connectivity index (χ2v) is 7.22. The Balaban J connectivity index is 1.51. The van der Waals surface area contributed by atoms with Crippen molar-refractivity contribution in [3.8, 4) is 11.3 Å². The van der Waals surface area contributed by atoms with Crippen LogP contribution in [0.2, 0.25) is 0 Å². The van der Waals surface area contributed by atoms with Crippen LogP contribution in [0.1, 0.15) is 37.5 Å². The smallest absolute Gasteiger partial charge is 0.261 e. The maximum Gasteiger partial charge on any atom is 0.261 e. The van der Waals surface area contributed by atoms with Gasteiger partial charge in [-0.15, -0.1) is 0 Å². The molecule has 0 atom stereocenters. The number of nitrogens with one attached hydrogen (secondary N) is 1. The number of hydrogen-bond acceptors (Lipinski definition) is 6. The second kappa shape index (κ2) is 7.47. The molecule has 1 aliphatic heterocycles. The van der Waals surface area contributed by atoms with Gasteiger partial charge in [0.15, 0.2) is 5.82 Å². The third-order valence-corrected chi connectivity index (χ3v) is 4.90. The molecule has 3 amide bonds. The van der Waals surface area contributed by atoms with Gasteiger partial charge in [0.05, 0.1) is 35.6 Å². The summed E-state index contributed by atoms with van der Waals surface area (Å²) < 4.78 is 0. The summed E-state index contributed by atoms with van der Waals surface area (Å²) >= 11 is 0. The van der Waals surface area contributed by atoms with Crippen LogP contribution in [0.25, 0.3) is 11.3 Å². The number of rotatable bonds is 4. The number of anilines is 1. The van der Waals surface area contributed by atoms with Gasteiger partial charge in [-0.3, -0.25) is 29.3 Å². The molecule has 0 saturated heterocycles. The second-order valence-electron chi connectivity index (χ2n) is 7.22. The van der Waals surface area contributed by atoms with Gasteiger partial charge in [-0.1, -0.05) is 6.07 Å². The van der Waals surface area contributed by atoms with Crippen molar-refractivity contribution in [1.82, 2.24) is 19.9 Å². The van der Waals surface area contributed by atoms with Crippen LogP contribution in [-0.2, 0) is 11.2 Å². The van der Waals surface area contributed by atoms with Crippen molar-refractivity contribution in [2.75, 3.05) is 12.4 Å². The van der Waals surface area contributed by atoms with Crippen molar-refractivity contribution in [3.63, 3.8) is 0 Å². The van der Waals surface area contributed by atoms with Crippen LogP contribution in [0.4, 0.5) is 5.82 Å². The van der Waals surface area contributed by atoms with E-state index in [9.17, 15) is 14.4 Å². The molecule has 0 radical (unpaired) electrons. The number of aromatic nitrogens is 3. The van der Waals surface area contributed by atoms with Gasteiger partial charge in [0, 0.05) is 24.5 Å². The van der Waals surface area contributed by atoms with Gasteiger partial charge in [-0.05, 0) is 43.2 Å². The molecule has 0 aliphatic carbocycles. The zero-order valence-corrected chi connectivity index (χ0v) is 16.8. The van der Waals surface area contributed by atoms with Gasteiger partial charge < -0.3 is 5.32 Å². The fourth-order valence-electron chi connectivity index (χ4n) is 3.38. The predicted molar refractivity (Wildman–Crippen MR) is 110 cm³/mol. The van der Waals surface area contributed by atoms with E-state index in [4.69, 9.17) is 0 Å². The molecular weight excluding hydrogens is 382 g/mol. The quantitative estimate of drug-likeness (QED) is 0.674. The third kappa shape index (κ3) is 3.55. The average molecular weight is 401 g/mol. The Kier molecular flexibility index (Phi) is 4.83. The summed E-state index contributed by atoms with van der Waals surface area (Å²) in [4.78, 5) is 51.1. The van der Waals surface area contributed by atoms with E-state index in [0.29, 0.717) is 22.6 Å². The Morgan fingerprint density at radius 3 is 2.47 bits per heavy atom. The van der Waals surface area contributed by atoms with E-state index in [2.05, 4.69) is 20.3 Å². The number of hydrogen-bond donors (Lipinski definition) is 1. The number of benzene rings is 1. The van der Waals surface area contributed by atoms with Gasteiger partial charge >= 0.3 is 0 Å². The number of amides is 3. The molecule has 0 fully saturated rings. The predicted octanol–water partition coefficient (Wildman–Crippen LogP) is 2.56. The van der Waals surface area contributed by atoms with E-state index < -0.39 is 5.91 Å². The summed E-state index contributed by atoms with van der Waals surface area (Å²) in [5, 5.41) is 2.69. The minimum absolute atomic E-state index is 0.0534. The monoisotopic (exact) mass is 401 g/mol. The van der Waals surface area contributed by atoms with E-state index in [1.54, 1.807) is 24.5 Å². The molecule has 3 heterocycles. The van der Waals surface area contributed by atoms with E-state index in [0.717, 1.165) is 21.7 Å². The van der Waals surface area contributed by atoms with Gasteiger partial charge in [0.2, 0.25) is 5.91 Å². The summed E-state index contributed by atoms with van der Waals surface area (Å²) in [6, 6.07) is 7.21. The van der Waals surface area contributed by atoms with Gasteiger partial charge in [0.1, 0.15) is 0 Å². The summed E-state index contributed by atoms with van der Waals surface area (Å²) in [7, 11) is 1.44. The summed E-state index contributed by atoms with van der Waals surface area (Å²) in [5.41, 5.74) is 4.32. The standard InChI is InChI=1S/C22H19N5O3/c1-12-6-15(20-16(7-12)21(29)27(3)22(20)30)8-19(28)26-18-11-24-17(10-25-18)14-5-4-13(2)23-9-14/h4-7,9-11H,8H2,1-3H3,(H,25,26,28). The first-order valence-corrected chi connectivity index (χ1v) is 9.34. The topological polar surface area (TPSA) is 105 Å². The zero-order chi connectivity index (χ0) is 21.4. The third-order valence-electron chi connectivity index (χ3n) is 4.90. The number of aryl methyl sites for hydroxylation is 2. The lowest BCUT2D eigenvalue weighted by molar-refractivity contribution is -0.115. The van der Waals surface area contributed by atoms with E-state index >= 15 is 0 Å². The summed E-state index contributed by atoms with van der Waals surface area (Å²) in [5.74, 6) is -0.801. The Labute approximate surface area is 173 Å². The largest absolute Gasteiger partial charge is 0.309 e. The van der Waals surface area contributed by atoms with Crippen LogP contribution < -0.4 is 5.32 Å². The van der Waals surface area contributed by atoms with Crippen molar-refractivity contribution < 1.29 is 14.4 Å². The van der Waals surface area contributed by atoms with Crippen LogP contribution in [0.15, 0.2) is 42.9 Å². The lowest BCUT2D eigenvalue weighted by atomic mass is 9.97. The van der Waals surface area contributed by atoms with Crippen LogP contribution >= 0.6 is 0 Å². The van der Waals surface area contributed by atoms with Crippen molar-refractivity contribution in [1.29, 1.82) is 0 Å². The summed E-state index contributed by atoms with van der Waals surface area (Å²) in [6.07, 6.45) is 4.69. The van der Waals surface area contributed by atoms with Crippen molar-refractivity contribution in [2.45, 2.75) is 20.3 Å². The number of carbonyl (C=O) groups excluding carboxylic acids is 3. The van der Waals surface area contributed by atoms with Crippen LogP contribution in [0.5, 0.6) is 0 Å². The molecule has 1 aliphatic rings. The van der Waals surface area contributed by atoms with Crippen molar-refractivity contribution >= 4 is 23.5 Å². The van der Waals surface area contributed by atoms with Gasteiger partial charge in [0.25, 0.3) is 11.8 Å². The molecule has 30 heavy (non-hydrogen) atoms. The highest BCUT2D eigenvalue weighted by molar-refractivity contribution is 6.22. The Morgan fingerprint density at radius 2 is 1.80 bits per heavy atom. The number of fused-ring (bicyclic) bond motifs is 1. The zero-order valence-electron chi connectivity index (χ0n) is 16.8. The molecule has 3 aromatic rings. The molecule has 8 nitrogen and oxygen atoms in total. The first-order chi connectivity index (χ1) is 14.3. The lowest BCUT2D eigenvalue weighted by Gasteiger charge is -2.09. The Morgan fingerprint density at radius 1 is 1.00 bits per heavy atom. The molecule has 0 bridgehead atoms. The molecule has 1 N–H and O–H groups in total. The molecule has 8 heteroatoms. The maximum absolute atomic E-state index is 12.6. The normalized spacial score (nSPS) is 12.8. The van der Waals surface area contributed by atoms with Crippen LogP contribution in [-0.4, -0.2) is 44.6 Å². The van der Waals surface area contributed by atoms with Crippen molar-refractivity contribution in [2.24, 2.45) is 0 Å². The number of nitrogens with zero attached hydrogens (tertiary/aromatic N) is 4. The number of imide groups is 1. The van der Waals surface area contributed by atoms with Gasteiger partial charge in [-0.25, -0.2) is 4.98 Å². The highest BCUT2D eigenvalue weighted by Crippen LogP contribution is 2.27. The SMILES string of the molecule is Cc1cc(CC(=O)Nc2cnc(-c3ccc(C)nc3)cn2)c2c(c1)C(=O)N(C)C2=O. The number of carbonyl (C=O) groups is 3. The first kappa shape index (κ1) is 19.4. The van der Waals surface area contributed by atoms with E-state index in [1.165, 1.54) is 13.2 Å². The molecule has 150 valence electrons. The van der Waals surface area contributed by atoms with Gasteiger partial charge in [-0.2, -0.15) is 0 Å². The average Bonchev–Trinajstić information content (AvgIpc) is 2.93. The van der Waals surface area contributed by atoms with Crippen molar-refractivity contribution in [3.05, 3.63) is 70.8 Å². The van der Waals surface area contributed by atoms with E-state index in [-0.39, 0.29) is 23.8 Å². The number of pyridine rings is 1. The Hall–Kier alpha value is -3.94. The molecule has 4 rings (SSSR count). The molecule has 2 aromatic heterocycles. The molecule has 0 unspecified atom stereocenters. The first-order valence-electron chi connectivity index (χ1n) is 9.34. The van der Waals surface area contributed by atoms with Crippen LogP contribution in [0.3, 0.4) is 0 Å². The highest BCUT2D eigenvalue weighted by Gasteiger charge is 2.35. The molecular formula is C22H19N5O3. The molecule has 1 aromatic carbocycles.